The average molecular weight is 369 g/mol. The number of hydrogen-bond donors (Lipinski definition) is 0. The highest BCUT2D eigenvalue weighted by atomic mass is 16.1. The van der Waals surface area contributed by atoms with Crippen LogP contribution in [-0.4, -0.2) is 11.6 Å². The lowest BCUT2D eigenvalue weighted by Gasteiger charge is -2.40. The van der Waals surface area contributed by atoms with Crippen LogP contribution in [0.5, 0.6) is 0 Å². The minimum atomic E-state index is 0.248. The van der Waals surface area contributed by atoms with E-state index in [1.807, 2.05) is 30.3 Å². The molecule has 27 heavy (non-hydrogen) atoms. The maximum atomic E-state index is 12.2. The van der Waals surface area contributed by atoms with E-state index in [1.165, 1.54) is 24.8 Å². The van der Waals surface area contributed by atoms with Crippen LogP contribution in [0.1, 0.15) is 78.7 Å². The fourth-order valence-corrected chi connectivity index (χ4v) is 6.38. The van der Waals surface area contributed by atoms with Crippen molar-refractivity contribution in [3.8, 4) is 0 Å². The van der Waals surface area contributed by atoms with Crippen LogP contribution in [0.15, 0.2) is 30.3 Å². The second-order valence-corrected chi connectivity index (χ2v) is 10.5. The van der Waals surface area contributed by atoms with E-state index in [0.717, 1.165) is 31.1 Å². The fraction of sp³-hybridized carbons (Fsp3) is 0.680. The zero-order chi connectivity index (χ0) is 19.9. The Balaban J connectivity index is 0.000000168. The van der Waals surface area contributed by atoms with Gasteiger partial charge in [-0.1, -0.05) is 58.0 Å². The van der Waals surface area contributed by atoms with Gasteiger partial charge in [-0.25, -0.2) is 0 Å². The smallest absolute Gasteiger partial charge is 0.134 e. The van der Waals surface area contributed by atoms with Gasteiger partial charge in [0, 0.05) is 19.3 Å². The van der Waals surface area contributed by atoms with Crippen LogP contribution >= 0.6 is 0 Å². The predicted octanol–water partition coefficient (Wildman–Crippen LogP) is 6.03. The Labute approximate surface area is 165 Å². The molecule has 3 aliphatic rings. The van der Waals surface area contributed by atoms with Gasteiger partial charge in [-0.15, -0.1) is 0 Å². The molecule has 0 amide bonds. The standard InChI is InChI=1S/C15H24O.C10H12O/c1-13(2)7-10(16)8-15(4)11-5-6-14(15,3)9-12(11)13;1-9(11)7-8-10-5-3-2-4-6-10/h11-12H,5-9H2,1-4H3;2-6H,7-8H2,1H3. The summed E-state index contributed by atoms with van der Waals surface area (Å²) in [7, 11) is 0. The van der Waals surface area contributed by atoms with Crippen LogP contribution in [0, 0.1) is 28.1 Å². The highest BCUT2D eigenvalue weighted by molar-refractivity contribution is 5.80. The van der Waals surface area contributed by atoms with Gasteiger partial charge in [0.15, 0.2) is 0 Å². The van der Waals surface area contributed by atoms with Gasteiger partial charge in [0.25, 0.3) is 0 Å². The fourth-order valence-electron chi connectivity index (χ4n) is 6.38. The number of ketones is 2. The molecule has 2 nitrogen and oxygen atoms in total. The molecular formula is C25H36O2. The van der Waals surface area contributed by atoms with Crippen molar-refractivity contribution in [3.05, 3.63) is 35.9 Å². The summed E-state index contributed by atoms with van der Waals surface area (Å²) in [6.45, 7) is 11.1. The van der Waals surface area contributed by atoms with Crippen LogP contribution in [0.2, 0.25) is 0 Å². The van der Waals surface area contributed by atoms with Crippen molar-refractivity contribution in [2.75, 3.05) is 0 Å². The van der Waals surface area contributed by atoms with Gasteiger partial charge in [-0.05, 0) is 66.3 Å². The minimum Gasteiger partial charge on any atom is -0.300 e. The first-order valence-corrected chi connectivity index (χ1v) is 10.6. The summed E-state index contributed by atoms with van der Waals surface area (Å²) in [6, 6.07) is 10.1. The summed E-state index contributed by atoms with van der Waals surface area (Å²) in [5, 5.41) is 0. The number of Topliss-reactive ketones (excluding diaryl/α,β-unsaturated/α-hetero) is 2. The van der Waals surface area contributed by atoms with E-state index in [1.54, 1.807) is 6.92 Å². The molecule has 3 fully saturated rings. The van der Waals surface area contributed by atoms with Crippen LogP contribution < -0.4 is 0 Å². The maximum Gasteiger partial charge on any atom is 0.134 e. The van der Waals surface area contributed by atoms with E-state index in [4.69, 9.17) is 0 Å². The van der Waals surface area contributed by atoms with Crippen molar-refractivity contribution >= 4 is 11.6 Å². The predicted molar refractivity (Wildman–Crippen MR) is 111 cm³/mol. The van der Waals surface area contributed by atoms with Crippen molar-refractivity contribution in [3.63, 3.8) is 0 Å². The summed E-state index contributed by atoms with van der Waals surface area (Å²) >= 11 is 0. The van der Waals surface area contributed by atoms with E-state index >= 15 is 0 Å². The average Bonchev–Trinajstić information content (AvgIpc) is 2.92. The molecule has 4 bridgehead atoms. The molecule has 0 radical (unpaired) electrons. The van der Waals surface area contributed by atoms with Crippen molar-refractivity contribution < 1.29 is 9.59 Å². The number of hydrogen-bond acceptors (Lipinski definition) is 2. The summed E-state index contributed by atoms with van der Waals surface area (Å²) in [6.07, 6.45) is 7.30. The lowest BCUT2D eigenvalue weighted by atomic mass is 9.64. The van der Waals surface area contributed by atoms with Gasteiger partial charge in [0.05, 0.1) is 0 Å². The van der Waals surface area contributed by atoms with Gasteiger partial charge in [0.2, 0.25) is 0 Å². The summed E-state index contributed by atoms with van der Waals surface area (Å²) < 4.78 is 0. The highest BCUT2D eigenvalue weighted by Gasteiger charge is 2.66. The zero-order valence-electron chi connectivity index (χ0n) is 17.8. The van der Waals surface area contributed by atoms with Gasteiger partial charge < -0.3 is 4.79 Å². The lowest BCUT2D eigenvalue weighted by molar-refractivity contribution is -0.124. The van der Waals surface area contributed by atoms with Crippen molar-refractivity contribution in [2.45, 2.75) is 79.6 Å². The molecule has 4 atom stereocenters. The normalized spacial score (nSPS) is 36.0. The number of carbonyl (C=O) groups excluding carboxylic acids is 2. The van der Waals surface area contributed by atoms with Crippen LogP contribution in [0.25, 0.3) is 0 Å². The number of carbonyl (C=O) groups is 2. The van der Waals surface area contributed by atoms with Gasteiger partial charge >= 0.3 is 0 Å². The molecule has 4 unspecified atom stereocenters. The monoisotopic (exact) mass is 368 g/mol. The molecule has 3 aliphatic carbocycles. The Hall–Kier alpha value is -1.44. The molecule has 1 aromatic rings. The summed E-state index contributed by atoms with van der Waals surface area (Å²) in [4.78, 5) is 22.8. The Morgan fingerprint density at radius 2 is 1.70 bits per heavy atom. The third-order valence-electron chi connectivity index (χ3n) is 8.19. The SMILES string of the molecule is CC(=O)CCc1ccccc1.CC1(C)CC(=O)CC2(C)C3CCC2(C)CC31. The lowest BCUT2D eigenvalue weighted by Crippen LogP contribution is -2.34. The quantitative estimate of drug-likeness (QED) is 0.653. The van der Waals surface area contributed by atoms with Gasteiger partial charge in [0.1, 0.15) is 11.6 Å². The Kier molecular flexibility index (Phi) is 5.40. The second kappa shape index (κ2) is 7.18. The van der Waals surface area contributed by atoms with Crippen molar-refractivity contribution in [1.29, 1.82) is 0 Å². The molecule has 0 aromatic heterocycles. The molecular weight excluding hydrogens is 332 g/mol. The van der Waals surface area contributed by atoms with E-state index < -0.39 is 0 Å². The molecule has 0 aliphatic heterocycles. The van der Waals surface area contributed by atoms with Crippen LogP contribution in [0.4, 0.5) is 0 Å². The molecule has 148 valence electrons. The largest absolute Gasteiger partial charge is 0.300 e. The first kappa shape index (κ1) is 20.3. The topological polar surface area (TPSA) is 34.1 Å². The molecule has 0 spiro atoms. The van der Waals surface area contributed by atoms with Crippen molar-refractivity contribution in [1.82, 2.24) is 0 Å². The molecule has 2 heteroatoms. The third kappa shape index (κ3) is 3.77. The maximum absolute atomic E-state index is 12.2. The molecule has 0 saturated heterocycles. The zero-order valence-corrected chi connectivity index (χ0v) is 17.8. The first-order valence-electron chi connectivity index (χ1n) is 10.6. The van der Waals surface area contributed by atoms with E-state index in [-0.39, 0.29) is 11.2 Å². The Bertz CT molecular complexity index is 704. The Morgan fingerprint density at radius 3 is 2.33 bits per heavy atom. The van der Waals surface area contributed by atoms with Gasteiger partial charge in [-0.3, -0.25) is 4.79 Å². The van der Waals surface area contributed by atoms with Crippen molar-refractivity contribution in [2.24, 2.45) is 28.1 Å². The number of aryl methyl sites for hydroxylation is 1. The third-order valence-corrected chi connectivity index (χ3v) is 8.19. The van der Waals surface area contributed by atoms with Gasteiger partial charge in [-0.2, -0.15) is 0 Å². The first-order chi connectivity index (χ1) is 12.6. The number of rotatable bonds is 3. The molecule has 0 heterocycles. The van der Waals surface area contributed by atoms with Crippen LogP contribution in [0.3, 0.4) is 0 Å². The molecule has 1 aromatic carbocycles. The molecule has 3 saturated carbocycles. The van der Waals surface area contributed by atoms with Crippen LogP contribution in [-0.2, 0) is 16.0 Å². The highest BCUT2D eigenvalue weighted by Crippen LogP contribution is 2.73. The number of benzene rings is 1. The minimum absolute atomic E-state index is 0.248. The molecule has 4 rings (SSSR count). The summed E-state index contributed by atoms with van der Waals surface area (Å²) in [5.41, 5.74) is 2.26. The van der Waals surface area contributed by atoms with E-state index in [9.17, 15) is 9.59 Å². The summed E-state index contributed by atoms with van der Waals surface area (Å²) in [5.74, 6) is 2.39. The second-order valence-electron chi connectivity index (χ2n) is 10.5. The Morgan fingerprint density at radius 1 is 1.04 bits per heavy atom. The molecule has 0 N–H and O–H groups in total. The van der Waals surface area contributed by atoms with E-state index in [0.29, 0.717) is 23.0 Å². The van der Waals surface area contributed by atoms with E-state index in [2.05, 4.69) is 27.7 Å².